The molecule has 0 amide bonds. The third kappa shape index (κ3) is 5.59. The number of carbonyl (C=O) groups is 1. The molecule has 32 heavy (non-hydrogen) atoms. The molecule has 2 atom stereocenters. The van der Waals surface area contributed by atoms with Gasteiger partial charge in [-0.05, 0) is 47.0 Å². The van der Waals surface area contributed by atoms with Gasteiger partial charge in [0, 0.05) is 0 Å². The molecule has 0 saturated heterocycles. The largest absolute Gasteiger partial charge is 0.497 e. The Balaban J connectivity index is 1.87. The number of nitrogens with two attached hydrogens (primary N) is 1. The van der Waals surface area contributed by atoms with Gasteiger partial charge in [0.1, 0.15) is 17.4 Å². The van der Waals surface area contributed by atoms with Crippen molar-refractivity contribution < 1.29 is 27.8 Å². The van der Waals surface area contributed by atoms with Crippen molar-refractivity contribution in [2.45, 2.75) is 24.1 Å². The van der Waals surface area contributed by atoms with E-state index in [1.165, 1.54) is 11.9 Å². The quantitative estimate of drug-likeness (QED) is 0.445. The summed E-state index contributed by atoms with van der Waals surface area (Å²) in [5.74, 6) is -1.99. The number of nitrogens with zero attached hydrogens (tertiary/aromatic N) is 4. The van der Waals surface area contributed by atoms with Crippen LogP contribution in [0.5, 0.6) is 11.5 Å². The van der Waals surface area contributed by atoms with Crippen LogP contribution in [0.15, 0.2) is 48.5 Å². The summed E-state index contributed by atoms with van der Waals surface area (Å²) in [4.78, 5) is 13.2. The fourth-order valence-electron chi connectivity index (χ4n) is 3.19. The number of methoxy groups -OCH3 is 2. The summed E-state index contributed by atoms with van der Waals surface area (Å²) >= 11 is 0. The van der Waals surface area contributed by atoms with Crippen LogP contribution in [-0.2, 0) is 27.8 Å². The lowest BCUT2D eigenvalue weighted by Crippen LogP contribution is -2.39. The van der Waals surface area contributed by atoms with Crippen LogP contribution >= 0.6 is 0 Å². The van der Waals surface area contributed by atoms with Crippen molar-refractivity contribution in [2.75, 3.05) is 14.2 Å². The number of rotatable bonds is 10. The highest BCUT2D eigenvalue weighted by Gasteiger charge is 2.40. The molecule has 3 aromatic rings. The molecule has 1 aromatic heterocycles. The van der Waals surface area contributed by atoms with E-state index in [0.717, 1.165) is 5.56 Å². The number of aromatic nitrogens is 4. The Morgan fingerprint density at radius 1 is 1.03 bits per heavy atom. The lowest BCUT2D eigenvalue weighted by molar-refractivity contribution is -0.139. The van der Waals surface area contributed by atoms with E-state index in [1.807, 2.05) is 0 Å². The van der Waals surface area contributed by atoms with Gasteiger partial charge in [-0.15, -0.1) is 10.2 Å². The summed E-state index contributed by atoms with van der Waals surface area (Å²) in [7, 11) is -1.21. The monoisotopic (exact) mass is 461 g/mol. The molecule has 0 aliphatic rings. The number of sulfonamides is 1. The van der Waals surface area contributed by atoms with Gasteiger partial charge in [-0.25, -0.2) is 13.6 Å². The molecule has 2 unspecified atom stereocenters. The average Bonchev–Trinajstić information content (AvgIpc) is 3.21. The van der Waals surface area contributed by atoms with E-state index in [0.29, 0.717) is 17.1 Å². The SMILES string of the molecule is COc1ccc(CC(C(C(=O)O)c2nnn(Cc3ccc(OC)cc3)n2)S(N)(=O)=O)cc1. The van der Waals surface area contributed by atoms with Crippen molar-refractivity contribution >= 4 is 16.0 Å². The maximum atomic E-state index is 12.3. The van der Waals surface area contributed by atoms with E-state index in [2.05, 4.69) is 15.4 Å². The van der Waals surface area contributed by atoms with Crippen LogP contribution in [0.1, 0.15) is 22.9 Å². The molecule has 2 aromatic carbocycles. The fourth-order valence-corrected chi connectivity index (χ4v) is 4.24. The van der Waals surface area contributed by atoms with Crippen molar-refractivity contribution in [1.29, 1.82) is 0 Å². The third-order valence-corrected chi connectivity index (χ3v) is 6.17. The minimum Gasteiger partial charge on any atom is -0.497 e. The number of aliphatic carboxylic acids is 1. The summed E-state index contributed by atoms with van der Waals surface area (Å²) in [6, 6.07) is 13.7. The molecule has 0 spiro atoms. The number of benzene rings is 2. The fraction of sp³-hybridized carbons (Fsp3) is 0.300. The predicted molar refractivity (Wildman–Crippen MR) is 114 cm³/mol. The van der Waals surface area contributed by atoms with Crippen molar-refractivity contribution in [1.82, 2.24) is 20.2 Å². The normalized spacial score (nSPS) is 13.3. The Kier molecular flexibility index (Phi) is 7.05. The van der Waals surface area contributed by atoms with E-state index in [1.54, 1.807) is 55.6 Å². The number of hydrogen-bond donors (Lipinski definition) is 2. The van der Waals surface area contributed by atoms with E-state index < -0.39 is 27.2 Å². The molecular weight excluding hydrogens is 438 g/mol. The van der Waals surface area contributed by atoms with Crippen LogP contribution in [0.2, 0.25) is 0 Å². The second-order valence-corrected chi connectivity index (χ2v) is 8.81. The average molecular weight is 462 g/mol. The Bertz CT molecular complexity index is 1160. The molecule has 170 valence electrons. The lowest BCUT2D eigenvalue weighted by atomic mass is 9.98. The molecule has 0 aliphatic heterocycles. The topological polar surface area (TPSA) is 160 Å². The summed E-state index contributed by atoms with van der Waals surface area (Å²) in [5.41, 5.74) is 1.39. The molecule has 1 heterocycles. The van der Waals surface area contributed by atoms with Crippen LogP contribution in [0.25, 0.3) is 0 Å². The van der Waals surface area contributed by atoms with Gasteiger partial charge in [-0.3, -0.25) is 4.79 Å². The zero-order valence-corrected chi connectivity index (χ0v) is 18.3. The van der Waals surface area contributed by atoms with Crippen molar-refractivity contribution in [3.05, 3.63) is 65.5 Å². The molecule has 12 heteroatoms. The van der Waals surface area contributed by atoms with E-state index in [9.17, 15) is 18.3 Å². The molecule has 0 aliphatic carbocycles. The second kappa shape index (κ2) is 9.75. The maximum absolute atomic E-state index is 12.3. The van der Waals surface area contributed by atoms with Gasteiger partial charge in [0.15, 0.2) is 5.82 Å². The first-order valence-corrected chi connectivity index (χ1v) is 11.1. The summed E-state index contributed by atoms with van der Waals surface area (Å²) < 4.78 is 34.9. The molecule has 3 rings (SSSR count). The Labute approximate surface area is 184 Å². The molecule has 0 fully saturated rings. The van der Waals surface area contributed by atoms with Gasteiger partial charge < -0.3 is 14.6 Å². The summed E-state index contributed by atoms with van der Waals surface area (Å²) in [6.45, 7) is 0.210. The smallest absolute Gasteiger partial charge is 0.315 e. The minimum absolute atomic E-state index is 0.146. The Morgan fingerprint density at radius 2 is 1.56 bits per heavy atom. The zero-order chi connectivity index (χ0) is 23.3. The van der Waals surface area contributed by atoms with E-state index in [-0.39, 0.29) is 18.8 Å². The first kappa shape index (κ1) is 23.2. The summed E-state index contributed by atoms with van der Waals surface area (Å²) in [6.07, 6.45) is -0.146. The van der Waals surface area contributed by atoms with Gasteiger partial charge in [0.25, 0.3) is 0 Å². The third-order valence-electron chi connectivity index (χ3n) is 4.89. The molecule has 0 bridgehead atoms. The number of carboxylic acids is 1. The van der Waals surface area contributed by atoms with Crippen LogP contribution in [-0.4, -0.2) is 59.2 Å². The number of carboxylic acid groups (broad SMARTS) is 1. The lowest BCUT2D eigenvalue weighted by Gasteiger charge is -2.20. The molecule has 0 saturated carbocycles. The van der Waals surface area contributed by atoms with E-state index in [4.69, 9.17) is 14.6 Å². The molecule has 0 radical (unpaired) electrons. The Hall–Kier alpha value is -3.51. The van der Waals surface area contributed by atoms with Gasteiger partial charge in [0.2, 0.25) is 10.0 Å². The molecular formula is C20H23N5O6S. The van der Waals surface area contributed by atoms with Crippen LogP contribution < -0.4 is 14.6 Å². The van der Waals surface area contributed by atoms with Crippen LogP contribution in [0.3, 0.4) is 0 Å². The highest BCUT2D eigenvalue weighted by atomic mass is 32.2. The molecule has 3 N–H and O–H groups in total. The van der Waals surface area contributed by atoms with Gasteiger partial charge >= 0.3 is 5.97 Å². The maximum Gasteiger partial charge on any atom is 0.315 e. The number of ether oxygens (including phenoxy) is 2. The van der Waals surface area contributed by atoms with Gasteiger partial charge in [-0.1, -0.05) is 24.3 Å². The van der Waals surface area contributed by atoms with Crippen molar-refractivity contribution in [2.24, 2.45) is 5.14 Å². The zero-order valence-electron chi connectivity index (χ0n) is 17.5. The standard InChI is InChI=1S/C20H23N5O6S/c1-30-15-7-3-13(4-8-15)11-17(32(21,28)29)18(20(26)27)19-22-24-25(23-19)12-14-5-9-16(31-2)10-6-14/h3-10,17-18H,11-12H2,1-2H3,(H,26,27)(H2,21,28,29). The number of primary sulfonamides is 1. The Morgan fingerprint density at radius 3 is 2.03 bits per heavy atom. The molecule has 11 nitrogen and oxygen atoms in total. The highest BCUT2D eigenvalue weighted by molar-refractivity contribution is 7.89. The van der Waals surface area contributed by atoms with Gasteiger partial charge in [0.05, 0.1) is 26.0 Å². The van der Waals surface area contributed by atoms with Crippen LogP contribution in [0, 0.1) is 0 Å². The van der Waals surface area contributed by atoms with Crippen molar-refractivity contribution in [3.8, 4) is 11.5 Å². The first-order valence-electron chi connectivity index (χ1n) is 9.49. The van der Waals surface area contributed by atoms with Crippen molar-refractivity contribution in [3.63, 3.8) is 0 Å². The summed E-state index contributed by atoms with van der Waals surface area (Å²) in [5, 5.41) is 25.5. The number of tetrazole rings is 1. The minimum atomic E-state index is -4.27. The van der Waals surface area contributed by atoms with Crippen LogP contribution in [0.4, 0.5) is 0 Å². The second-order valence-electron chi connectivity index (χ2n) is 7.02. The number of hydrogen-bond acceptors (Lipinski definition) is 8. The first-order chi connectivity index (χ1) is 15.2. The highest BCUT2D eigenvalue weighted by Crippen LogP contribution is 2.25. The predicted octanol–water partition coefficient (Wildman–Crippen LogP) is 0.807. The van der Waals surface area contributed by atoms with Gasteiger partial charge in [-0.2, -0.15) is 4.80 Å². The van der Waals surface area contributed by atoms with E-state index >= 15 is 0 Å².